The zero-order chi connectivity index (χ0) is 20.2. The van der Waals surface area contributed by atoms with E-state index < -0.39 is 5.91 Å². The normalized spacial score (nSPS) is 10.8. The Morgan fingerprint density at radius 3 is 2.79 bits per heavy atom. The van der Waals surface area contributed by atoms with Gasteiger partial charge in [0.15, 0.2) is 17.4 Å². The van der Waals surface area contributed by atoms with Crippen molar-refractivity contribution in [3.8, 4) is 16.5 Å². The highest BCUT2D eigenvalue weighted by Crippen LogP contribution is 2.31. The van der Waals surface area contributed by atoms with Gasteiger partial charge in [0.1, 0.15) is 11.5 Å². The Hall–Kier alpha value is -3.65. The predicted octanol–water partition coefficient (Wildman–Crippen LogP) is 3.35. The van der Waals surface area contributed by atoms with E-state index in [2.05, 4.69) is 10.3 Å². The number of primary amides is 1. The molecule has 0 radical (unpaired) electrons. The number of nitrogens with one attached hydrogen (secondary N) is 1. The van der Waals surface area contributed by atoms with Gasteiger partial charge in [-0.15, -0.1) is 11.3 Å². The minimum atomic E-state index is -0.554. The number of benzene rings is 2. The maximum Gasteiger partial charge on any atom is 0.258 e. The number of rotatable bonds is 7. The van der Waals surface area contributed by atoms with Gasteiger partial charge in [0.2, 0.25) is 5.91 Å². The van der Waals surface area contributed by atoms with Gasteiger partial charge in [0, 0.05) is 5.56 Å². The number of amides is 2. The molecule has 7 nitrogen and oxygen atoms in total. The van der Waals surface area contributed by atoms with E-state index in [4.69, 9.17) is 14.9 Å². The Morgan fingerprint density at radius 2 is 1.97 bits per heavy atom. The summed E-state index contributed by atoms with van der Waals surface area (Å²) in [5, 5.41) is 3.52. The van der Waals surface area contributed by atoms with Crippen molar-refractivity contribution >= 4 is 33.4 Å². The van der Waals surface area contributed by atoms with Crippen molar-refractivity contribution in [2.24, 2.45) is 5.73 Å². The Bertz CT molecular complexity index is 1150. The van der Waals surface area contributed by atoms with Gasteiger partial charge in [0.05, 0.1) is 16.8 Å². The smallest absolute Gasteiger partial charge is 0.258 e. The monoisotopic (exact) mass is 407 g/mol. The summed E-state index contributed by atoms with van der Waals surface area (Å²) in [7, 11) is 0. The van der Waals surface area contributed by atoms with Crippen molar-refractivity contribution in [3.05, 3.63) is 72.0 Å². The number of fused-ring (bicyclic) bond motifs is 1. The molecule has 29 heavy (non-hydrogen) atoms. The fourth-order valence-corrected chi connectivity index (χ4v) is 3.62. The third-order valence-electron chi connectivity index (χ3n) is 4.11. The lowest BCUT2D eigenvalue weighted by atomic mass is 10.2. The van der Waals surface area contributed by atoms with Gasteiger partial charge in [0.25, 0.3) is 5.91 Å². The van der Waals surface area contributed by atoms with Gasteiger partial charge >= 0.3 is 0 Å². The molecule has 4 aromatic rings. The number of hydrogen-bond donors (Lipinski definition) is 2. The van der Waals surface area contributed by atoms with Crippen LogP contribution in [0, 0.1) is 0 Å². The van der Waals surface area contributed by atoms with Gasteiger partial charge < -0.3 is 20.2 Å². The summed E-state index contributed by atoms with van der Waals surface area (Å²) in [6, 6.07) is 17.9. The van der Waals surface area contributed by atoms with Gasteiger partial charge in [-0.1, -0.05) is 18.2 Å². The summed E-state index contributed by atoms with van der Waals surface area (Å²) in [5.41, 5.74) is 6.48. The van der Waals surface area contributed by atoms with E-state index in [1.165, 1.54) is 6.07 Å². The second kappa shape index (κ2) is 8.15. The molecule has 0 bridgehead atoms. The lowest BCUT2D eigenvalue weighted by molar-refractivity contribution is -0.123. The highest BCUT2D eigenvalue weighted by molar-refractivity contribution is 7.21. The maximum absolute atomic E-state index is 12.0. The molecule has 0 unspecified atom stereocenters. The van der Waals surface area contributed by atoms with Crippen LogP contribution in [-0.2, 0) is 11.3 Å². The van der Waals surface area contributed by atoms with E-state index in [1.807, 2.05) is 30.3 Å². The van der Waals surface area contributed by atoms with Crippen LogP contribution in [0.2, 0.25) is 0 Å². The molecule has 0 saturated carbocycles. The first-order chi connectivity index (χ1) is 14.1. The van der Waals surface area contributed by atoms with Crippen LogP contribution in [0.1, 0.15) is 16.1 Å². The number of ether oxygens (including phenoxy) is 1. The van der Waals surface area contributed by atoms with Gasteiger partial charge in [-0.25, -0.2) is 4.98 Å². The van der Waals surface area contributed by atoms with E-state index >= 15 is 0 Å². The van der Waals surface area contributed by atoms with Gasteiger partial charge in [-0.3, -0.25) is 9.59 Å². The molecule has 0 aliphatic rings. The third kappa shape index (κ3) is 4.44. The van der Waals surface area contributed by atoms with E-state index in [-0.39, 0.29) is 19.1 Å². The molecule has 2 aromatic heterocycles. The number of hydrogen-bond acceptors (Lipinski definition) is 6. The van der Waals surface area contributed by atoms with Crippen LogP contribution in [0.15, 0.2) is 65.1 Å². The van der Waals surface area contributed by atoms with Gasteiger partial charge in [-0.2, -0.15) is 0 Å². The lowest BCUT2D eigenvalue weighted by Gasteiger charge is -2.07. The Balaban J connectivity index is 1.32. The Kier molecular flexibility index (Phi) is 5.26. The lowest BCUT2D eigenvalue weighted by Crippen LogP contribution is -2.28. The van der Waals surface area contributed by atoms with Crippen molar-refractivity contribution in [2.45, 2.75) is 6.54 Å². The molecule has 0 aliphatic heterocycles. The number of furan rings is 1. The number of nitrogens with zero attached hydrogens (tertiary/aromatic N) is 1. The van der Waals surface area contributed by atoms with E-state index in [0.717, 1.165) is 15.2 Å². The zero-order valence-electron chi connectivity index (χ0n) is 15.3. The molecule has 2 heterocycles. The minimum absolute atomic E-state index is 0.187. The molecule has 0 spiro atoms. The molecule has 2 aromatic carbocycles. The van der Waals surface area contributed by atoms with Crippen LogP contribution >= 0.6 is 11.3 Å². The average Bonchev–Trinajstić information content (AvgIpc) is 3.37. The molecule has 4 rings (SSSR count). The number of para-hydroxylation sites is 1. The summed E-state index contributed by atoms with van der Waals surface area (Å²) in [4.78, 5) is 27.8. The van der Waals surface area contributed by atoms with Crippen LogP contribution in [0.3, 0.4) is 0 Å². The third-order valence-corrected chi connectivity index (χ3v) is 5.17. The van der Waals surface area contributed by atoms with Crippen LogP contribution in [0.5, 0.6) is 5.75 Å². The van der Waals surface area contributed by atoms with Crippen LogP contribution < -0.4 is 15.8 Å². The summed E-state index contributed by atoms with van der Waals surface area (Å²) in [6.07, 6.45) is 0. The molecular weight excluding hydrogens is 390 g/mol. The largest absolute Gasteiger partial charge is 0.484 e. The van der Waals surface area contributed by atoms with Crippen LogP contribution in [-0.4, -0.2) is 23.4 Å². The first-order valence-corrected chi connectivity index (χ1v) is 9.64. The summed E-state index contributed by atoms with van der Waals surface area (Å²) >= 11 is 1.55. The van der Waals surface area contributed by atoms with Crippen molar-refractivity contribution in [3.63, 3.8) is 0 Å². The molecule has 8 heteroatoms. The fourth-order valence-electron chi connectivity index (χ4n) is 2.69. The molecule has 2 amide bonds. The van der Waals surface area contributed by atoms with Gasteiger partial charge in [-0.05, 0) is 42.5 Å². The Labute approximate surface area is 170 Å². The SMILES string of the molecule is NC(=O)c1cccc(OCC(=O)NCc2ccc(-c3nc4ccccc4s3)o2)c1. The average molecular weight is 407 g/mol. The number of carbonyl (C=O) groups excluding carboxylic acids is 2. The van der Waals surface area contributed by atoms with E-state index in [0.29, 0.717) is 22.8 Å². The standard InChI is InChI=1S/C21H17N3O4S/c22-20(26)13-4-3-5-14(10-13)27-12-19(25)23-11-15-8-9-17(28-15)21-24-16-6-1-2-7-18(16)29-21/h1-10H,11-12H2,(H2,22,26)(H,23,25). The molecule has 0 aliphatic carbocycles. The fraction of sp³-hybridized carbons (Fsp3) is 0.0952. The highest BCUT2D eigenvalue weighted by Gasteiger charge is 2.11. The first-order valence-electron chi connectivity index (χ1n) is 8.82. The molecule has 0 fully saturated rings. The quantitative estimate of drug-likeness (QED) is 0.488. The molecule has 3 N–H and O–H groups in total. The number of carbonyl (C=O) groups is 2. The number of nitrogens with two attached hydrogens (primary N) is 1. The van der Waals surface area contributed by atoms with Crippen molar-refractivity contribution in [1.29, 1.82) is 0 Å². The minimum Gasteiger partial charge on any atom is -0.484 e. The van der Waals surface area contributed by atoms with E-state index in [9.17, 15) is 9.59 Å². The van der Waals surface area contributed by atoms with Crippen LogP contribution in [0.4, 0.5) is 0 Å². The first kappa shape index (κ1) is 18.7. The van der Waals surface area contributed by atoms with Crippen LogP contribution in [0.25, 0.3) is 21.0 Å². The topological polar surface area (TPSA) is 107 Å². The molecule has 0 atom stereocenters. The zero-order valence-corrected chi connectivity index (χ0v) is 16.1. The van der Waals surface area contributed by atoms with Crippen molar-refractivity contribution in [1.82, 2.24) is 10.3 Å². The molecule has 0 saturated heterocycles. The highest BCUT2D eigenvalue weighted by atomic mass is 32.1. The summed E-state index contributed by atoms with van der Waals surface area (Å²) in [6.45, 7) is 0.0437. The second-order valence-electron chi connectivity index (χ2n) is 6.21. The summed E-state index contributed by atoms with van der Waals surface area (Å²) in [5.74, 6) is 0.805. The van der Waals surface area contributed by atoms with Crippen molar-refractivity contribution in [2.75, 3.05) is 6.61 Å². The Morgan fingerprint density at radius 1 is 1.10 bits per heavy atom. The predicted molar refractivity (Wildman–Crippen MR) is 110 cm³/mol. The number of aromatic nitrogens is 1. The van der Waals surface area contributed by atoms with Crippen molar-refractivity contribution < 1.29 is 18.7 Å². The molecule has 146 valence electrons. The van der Waals surface area contributed by atoms with E-state index in [1.54, 1.807) is 35.6 Å². The summed E-state index contributed by atoms with van der Waals surface area (Å²) < 4.78 is 12.3. The second-order valence-corrected chi connectivity index (χ2v) is 7.24. The molecular formula is C21H17N3O4S. The number of thiazole rings is 1. The maximum atomic E-state index is 12.0.